The molecule has 0 saturated heterocycles. The maximum Gasteiger partial charge on any atom is 0.240 e. The zero-order valence-corrected chi connectivity index (χ0v) is 15.3. The van der Waals surface area contributed by atoms with Crippen molar-refractivity contribution in [1.82, 2.24) is 4.90 Å². The first-order chi connectivity index (χ1) is 11.5. The van der Waals surface area contributed by atoms with Gasteiger partial charge in [-0.25, -0.2) is 0 Å². The smallest absolute Gasteiger partial charge is 0.240 e. The number of amides is 1. The largest absolute Gasteiger partial charge is 0.490 e. The molecule has 1 amide bonds. The SMILES string of the molecule is CCOc1ccc(CCN(CCC#N)C(=O)C(C)Cl)cc1OCC. The molecule has 0 aliphatic carbocycles. The number of rotatable bonds is 10. The van der Waals surface area contributed by atoms with Crippen LogP contribution in [-0.4, -0.2) is 42.5 Å². The lowest BCUT2D eigenvalue weighted by Gasteiger charge is -2.23. The molecule has 1 aromatic rings. The minimum atomic E-state index is -0.594. The van der Waals surface area contributed by atoms with Crippen molar-refractivity contribution < 1.29 is 14.3 Å². The summed E-state index contributed by atoms with van der Waals surface area (Å²) in [4.78, 5) is 13.8. The molecular weight excluding hydrogens is 328 g/mol. The number of hydrogen-bond donors (Lipinski definition) is 0. The van der Waals surface area contributed by atoms with E-state index in [1.54, 1.807) is 11.8 Å². The van der Waals surface area contributed by atoms with Crippen molar-refractivity contribution in [3.05, 3.63) is 23.8 Å². The molecule has 0 N–H and O–H groups in total. The molecule has 0 fully saturated rings. The minimum absolute atomic E-state index is 0.150. The van der Waals surface area contributed by atoms with Gasteiger partial charge in [0, 0.05) is 13.1 Å². The summed E-state index contributed by atoms with van der Waals surface area (Å²) in [5, 5.41) is 8.15. The van der Waals surface area contributed by atoms with E-state index in [2.05, 4.69) is 6.07 Å². The van der Waals surface area contributed by atoms with Crippen LogP contribution >= 0.6 is 11.6 Å². The Kier molecular flexibility index (Phi) is 9.03. The number of hydrogen-bond acceptors (Lipinski definition) is 4. The zero-order chi connectivity index (χ0) is 17.9. The summed E-state index contributed by atoms with van der Waals surface area (Å²) in [6.45, 7) is 7.53. The second-order valence-electron chi connectivity index (χ2n) is 5.25. The lowest BCUT2D eigenvalue weighted by atomic mass is 10.1. The molecular formula is C18H25ClN2O3. The van der Waals surface area contributed by atoms with Crippen LogP contribution in [0.1, 0.15) is 32.8 Å². The molecule has 24 heavy (non-hydrogen) atoms. The van der Waals surface area contributed by atoms with Gasteiger partial charge in [-0.2, -0.15) is 5.26 Å². The van der Waals surface area contributed by atoms with Gasteiger partial charge >= 0.3 is 0 Å². The van der Waals surface area contributed by atoms with Gasteiger partial charge in [0.2, 0.25) is 5.91 Å². The van der Waals surface area contributed by atoms with Crippen LogP contribution in [0.2, 0.25) is 0 Å². The number of carbonyl (C=O) groups is 1. The Balaban J connectivity index is 2.80. The Hall–Kier alpha value is -1.93. The van der Waals surface area contributed by atoms with Crippen molar-refractivity contribution in [3.8, 4) is 17.6 Å². The van der Waals surface area contributed by atoms with Crippen molar-refractivity contribution >= 4 is 17.5 Å². The molecule has 6 heteroatoms. The van der Waals surface area contributed by atoms with Crippen molar-refractivity contribution in [2.45, 2.75) is 39.0 Å². The highest BCUT2D eigenvalue weighted by molar-refractivity contribution is 6.30. The molecule has 0 aromatic heterocycles. The predicted molar refractivity (Wildman–Crippen MR) is 94.6 cm³/mol. The van der Waals surface area contributed by atoms with Crippen LogP contribution in [0.15, 0.2) is 18.2 Å². The quantitative estimate of drug-likeness (QED) is 0.605. The van der Waals surface area contributed by atoms with E-state index in [-0.39, 0.29) is 5.91 Å². The van der Waals surface area contributed by atoms with Crippen molar-refractivity contribution in [2.75, 3.05) is 26.3 Å². The van der Waals surface area contributed by atoms with E-state index in [0.717, 1.165) is 11.3 Å². The fraction of sp³-hybridized carbons (Fsp3) is 0.556. The average Bonchev–Trinajstić information content (AvgIpc) is 2.57. The highest BCUT2D eigenvalue weighted by Crippen LogP contribution is 2.28. The van der Waals surface area contributed by atoms with Gasteiger partial charge in [0.1, 0.15) is 5.38 Å². The van der Waals surface area contributed by atoms with Gasteiger partial charge in [0.15, 0.2) is 11.5 Å². The Labute approximate surface area is 149 Å². The first kappa shape index (κ1) is 20.1. The summed E-state index contributed by atoms with van der Waals surface area (Å²) < 4.78 is 11.2. The van der Waals surface area contributed by atoms with Crippen molar-refractivity contribution in [2.24, 2.45) is 0 Å². The summed E-state index contributed by atoms with van der Waals surface area (Å²) in [7, 11) is 0. The Morgan fingerprint density at radius 2 is 1.92 bits per heavy atom. The molecule has 0 spiro atoms. The first-order valence-corrected chi connectivity index (χ1v) is 8.65. The Morgan fingerprint density at radius 3 is 2.50 bits per heavy atom. The predicted octanol–water partition coefficient (Wildman–Crippen LogP) is 3.40. The zero-order valence-electron chi connectivity index (χ0n) is 14.5. The standard InChI is InChI=1S/C18H25ClN2O3/c1-4-23-16-8-7-15(13-17(16)24-5-2)9-12-21(11-6-10-20)18(22)14(3)19/h7-8,13-14H,4-6,9,11-12H2,1-3H3. The molecule has 0 radical (unpaired) electrons. The van der Waals surface area contributed by atoms with E-state index in [4.69, 9.17) is 26.3 Å². The van der Waals surface area contributed by atoms with Crippen LogP contribution in [0.3, 0.4) is 0 Å². The fourth-order valence-electron chi connectivity index (χ4n) is 2.28. The summed E-state index contributed by atoms with van der Waals surface area (Å²) in [5.41, 5.74) is 1.04. The summed E-state index contributed by atoms with van der Waals surface area (Å²) in [6, 6.07) is 7.85. The maximum atomic E-state index is 12.1. The third kappa shape index (κ3) is 6.29. The number of alkyl halides is 1. The highest BCUT2D eigenvalue weighted by atomic mass is 35.5. The summed E-state index contributed by atoms with van der Waals surface area (Å²) >= 11 is 5.90. The topological polar surface area (TPSA) is 62.6 Å². The molecule has 1 unspecified atom stereocenters. The number of nitriles is 1. The Bertz CT molecular complexity index is 570. The number of benzene rings is 1. The lowest BCUT2D eigenvalue weighted by molar-refractivity contribution is -0.130. The second-order valence-corrected chi connectivity index (χ2v) is 5.90. The number of carbonyl (C=O) groups excluding carboxylic acids is 1. The van der Waals surface area contributed by atoms with Gasteiger partial charge in [-0.15, -0.1) is 11.6 Å². The second kappa shape index (κ2) is 10.8. The minimum Gasteiger partial charge on any atom is -0.490 e. The van der Waals surface area contributed by atoms with Gasteiger partial charge in [-0.3, -0.25) is 4.79 Å². The molecule has 1 rings (SSSR count). The molecule has 1 aromatic carbocycles. The number of ether oxygens (including phenoxy) is 2. The number of nitrogens with zero attached hydrogens (tertiary/aromatic N) is 2. The summed E-state index contributed by atoms with van der Waals surface area (Å²) in [6.07, 6.45) is 0.954. The molecule has 5 nitrogen and oxygen atoms in total. The molecule has 132 valence electrons. The van der Waals surface area contributed by atoms with Crippen molar-refractivity contribution in [1.29, 1.82) is 5.26 Å². The van der Waals surface area contributed by atoms with Gasteiger partial charge in [0.25, 0.3) is 0 Å². The third-order valence-corrected chi connectivity index (χ3v) is 3.61. The number of halogens is 1. The molecule has 0 aliphatic heterocycles. The molecule has 0 bridgehead atoms. The van der Waals surface area contributed by atoms with Crippen molar-refractivity contribution in [3.63, 3.8) is 0 Å². The van der Waals surface area contributed by atoms with Crippen LogP contribution in [0, 0.1) is 11.3 Å². The van der Waals surface area contributed by atoms with E-state index < -0.39 is 5.38 Å². The van der Waals surface area contributed by atoms with E-state index >= 15 is 0 Å². The Morgan fingerprint density at radius 1 is 1.25 bits per heavy atom. The lowest BCUT2D eigenvalue weighted by Crippen LogP contribution is -2.37. The third-order valence-electron chi connectivity index (χ3n) is 3.42. The average molecular weight is 353 g/mol. The van der Waals surface area contributed by atoms with Crippen LogP contribution < -0.4 is 9.47 Å². The van der Waals surface area contributed by atoms with E-state index in [1.807, 2.05) is 32.0 Å². The highest BCUT2D eigenvalue weighted by Gasteiger charge is 2.18. The molecule has 0 saturated carbocycles. The van der Waals surface area contributed by atoms with E-state index in [1.165, 1.54) is 0 Å². The van der Waals surface area contributed by atoms with Gasteiger partial charge in [-0.1, -0.05) is 6.07 Å². The van der Waals surface area contributed by atoms with Crippen LogP contribution in [-0.2, 0) is 11.2 Å². The monoisotopic (exact) mass is 352 g/mol. The fourth-order valence-corrected chi connectivity index (χ4v) is 2.42. The molecule has 0 aliphatic rings. The van der Waals surface area contributed by atoms with Gasteiger partial charge in [-0.05, 0) is 44.9 Å². The van der Waals surface area contributed by atoms with Crippen LogP contribution in [0.4, 0.5) is 0 Å². The molecule has 1 atom stereocenters. The van der Waals surface area contributed by atoms with E-state index in [0.29, 0.717) is 44.9 Å². The summed E-state index contributed by atoms with van der Waals surface area (Å²) in [5.74, 6) is 1.27. The van der Waals surface area contributed by atoms with Crippen LogP contribution in [0.5, 0.6) is 11.5 Å². The van der Waals surface area contributed by atoms with Gasteiger partial charge < -0.3 is 14.4 Å². The van der Waals surface area contributed by atoms with E-state index in [9.17, 15) is 4.79 Å². The van der Waals surface area contributed by atoms with Gasteiger partial charge in [0.05, 0.1) is 25.7 Å². The normalized spacial score (nSPS) is 11.5. The molecule has 0 heterocycles. The van der Waals surface area contributed by atoms with Crippen LogP contribution in [0.25, 0.3) is 0 Å². The maximum absolute atomic E-state index is 12.1. The first-order valence-electron chi connectivity index (χ1n) is 8.21.